The van der Waals surface area contributed by atoms with Crippen LogP contribution in [0.1, 0.15) is 12.8 Å². The Balaban J connectivity index is 1.46. The van der Waals surface area contributed by atoms with Crippen molar-refractivity contribution in [2.75, 3.05) is 19.0 Å². The first-order valence-electron chi connectivity index (χ1n) is 7.21. The van der Waals surface area contributed by atoms with Crippen LogP contribution in [-0.4, -0.2) is 45.3 Å². The van der Waals surface area contributed by atoms with Gasteiger partial charge >= 0.3 is 0 Å². The lowest BCUT2D eigenvalue weighted by atomic mass is 10.2. The van der Waals surface area contributed by atoms with E-state index in [1.165, 1.54) is 17.8 Å². The van der Waals surface area contributed by atoms with Gasteiger partial charge in [0.15, 0.2) is 11.6 Å². The summed E-state index contributed by atoms with van der Waals surface area (Å²) in [5, 5.41) is 12.4. The molecule has 2 aromatic rings. The summed E-state index contributed by atoms with van der Waals surface area (Å²) in [7, 11) is 0. The second-order valence-electron chi connectivity index (χ2n) is 4.91. The third kappa shape index (κ3) is 3.95. The molecule has 1 aliphatic rings. The number of rotatable bonds is 7. The minimum atomic E-state index is -0.351. The molecule has 0 amide bonds. The van der Waals surface area contributed by atoms with E-state index in [0.29, 0.717) is 18.9 Å². The van der Waals surface area contributed by atoms with Crippen LogP contribution in [0.4, 0.5) is 4.39 Å². The molecule has 1 saturated heterocycles. The molecular formula is C14H17FN4O2S. The minimum Gasteiger partial charge on any atom is -0.490 e. The zero-order chi connectivity index (χ0) is 15.2. The van der Waals surface area contributed by atoms with Crippen LogP contribution in [0.3, 0.4) is 0 Å². The van der Waals surface area contributed by atoms with Crippen molar-refractivity contribution in [3.05, 3.63) is 30.1 Å². The Morgan fingerprint density at radius 1 is 1.41 bits per heavy atom. The predicted molar refractivity (Wildman–Crippen MR) is 79.4 cm³/mol. The summed E-state index contributed by atoms with van der Waals surface area (Å²) < 4.78 is 26.1. The number of ether oxygens (including phenoxy) is 2. The number of halogens is 1. The molecule has 1 atom stereocenters. The molecule has 1 unspecified atom stereocenters. The zero-order valence-corrected chi connectivity index (χ0v) is 12.8. The van der Waals surface area contributed by atoms with Crippen LogP contribution in [0.2, 0.25) is 0 Å². The lowest BCUT2D eigenvalue weighted by Gasteiger charge is -2.10. The fourth-order valence-corrected chi connectivity index (χ4v) is 2.95. The Labute approximate surface area is 132 Å². The Kier molecular flexibility index (Phi) is 5.23. The molecule has 1 aromatic carbocycles. The van der Waals surface area contributed by atoms with Gasteiger partial charge in [0.1, 0.15) is 0 Å². The Morgan fingerprint density at radius 3 is 3.14 bits per heavy atom. The third-order valence-electron chi connectivity index (χ3n) is 3.31. The summed E-state index contributed by atoms with van der Waals surface area (Å²) in [5.41, 5.74) is 0. The fourth-order valence-electron chi connectivity index (χ4n) is 2.24. The predicted octanol–water partition coefficient (Wildman–Crippen LogP) is 2.16. The van der Waals surface area contributed by atoms with E-state index in [9.17, 15) is 4.39 Å². The van der Waals surface area contributed by atoms with Gasteiger partial charge in [-0.2, -0.15) is 0 Å². The molecule has 3 rings (SSSR count). The van der Waals surface area contributed by atoms with Crippen molar-refractivity contribution in [2.24, 2.45) is 0 Å². The standard InChI is InChI=1S/C14H17FN4O2S/c15-12-5-1-2-6-13(12)21-8-9-22-14-16-17-18-19(14)10-11-4-3-7-20-11/h1-2,5-6,11H,3-4,7-10H2. The molecule has 118 valence electrons. The first-order chi connectivity index (χ1) is 10.8. The van der Waals surface area contributed by atoms with Crippen molar-refractivity contribution in [2.45, 2.75) is 30.6 Å². The van der Waals surface area contributed by atoms with Crippen LogP contribution < -0.4 is 4.74 Å². The highest BCUT2D eigenvalue weighted by atomic mass is 32.2. The number of thioether (sulfide) groups is 1. The van der Waals surface area contributed by atoms with E-state index < -0.39 is 0 Å². The van der Waals surface area contributed by atoms with E-state index >= 15 is 0 Å². The van der Waals surface area contributed by atoms with Crippen LogP contribution in [0.25, 0.3) is 0 Å². The molecule has 0 saturated carbocycles. The molecule has 1 fully saturated rings. The van der Waals surface area contributed by atoms with Gasteiger partial charge in [-0.05, 0) is 35.4 Å². The number of hydrogen-bond donors (Lipinski definition) is 0. The van der Waals surface area contributed by atoms with E-state index in [-0.39, 0.29) is 17.7 Å². The van der Waals surface area contributed by atoms with Crippen molar-refractivity contribution in [3.63, 3.8) is 0 Å². The molecule has 0 aliphatic carbocycles. The highest BCUT2D eigenvalue weighted by molar-refractivity contribution is 7.99. The van der Waals surface area contributed by atoms with E-state index in [4.69, 9.17) is 9.47 Å². The second kappa shape index (κ2) is 7.55. The molecule has 0 spiro atoms. The van der Waals surface area contributed by atoms with Crippen molar-refractivity contribution in [1.29, 1.82) is 0 Å². The van der Waals surface area contributed by atoms with Gasteiger partial charge in [-0.15, -0.1) is 5.10 Å². The molecular weight excluding hydrogens is 307 g/mol. The summed E-state index contributed by atoms with van der Waals surface area (Å²) in [6, 6.07) is 6.37. The van der Waals surface area contributed by atoms with Gasteiger partial charge in [-0.1, -0.05) is 23.9 Å². The molecule has 6 nitrogen and oxygen atoms in total. The Bertz CT molecular complexity index is 604. The number of hydrogen-bond acceptors (Lipinski definition) is 6. The molecule has 0 N–H and O–H groups in total. The highest BCUT2D eigenvalue weighted by Crippen LogP contribution is 2.19. The van der Waals surface area contributed by atoms with Crippen molar-refractivity contribution in [3.8, 4) is 5.75 Å². The topological polar surface area (TPSA) is 62.1 Å². The van der Waals surface area contributed by atoms with Crippen molar-refractivity contribution >= 4 is 11.8 Å². The number of nitrogens with zero attached hydrogens (tertiary/aromatic N) is 4. The van der Waals surface area contributed by atoms with Gasteiger partial charge in [0.05, 0.1) is 19.3 Å². The Morgan fingerprint density at radius 2 is 2.32 bits per heavy atom. The monoisotopic (exact) mass is 324 g/mol. The van der Waals surface area contributed by atoms with E-state index in [1.807, 2.05) is 0 Å². The van der Waals surface area contributed by atoms with Crippen LogP contribution in [-0.2, 0) is 11.3 Å². The summed E-state index contributed by atoms with van der Waals surface area (Å²) >= 11 is 1.49. The van der Waals surface area contributed by atoms with E-state index in [0.717, 1.165) is 24.6 Å². The van der Waals surface area contributed by atoms with Gasteiger partial charge in [0.2, 0.25) is 5.16 Å². The van der Waals surface area contributed by atoms with Crippen LogP contribution in [0.5, 0.6) is 5.75 Å². The van der Waals surface area contributed by atoms with Gasteiger partial charge < -0.3 is 9.47 Å². The summed E-state index contributed by atoms with van der Waals surface area (Å²) in [6.45, 7) is 1.87. The first-order valence-corrected chi connectivity index (χ1v) is 8.19. The molecule has 8 heteroatoms. The van der Waals surface area contributed by atoms with Gasteiger partial charge in [0, 0.05) is 12.4 Å². The average molecular weight is 324 g/mol. The normalized spacial score (nSPS) is 17.8. The minimum absolute atomic E-state index is 0.192. The maximum atomic E-state index is 13.4. The summed E-state index contributed by atoms with van der Waals surface area (Å²) in [6.07, 6.45) is 2.32. The quantitative estimate of drug-likeness (QED) is 0.574. The number of aromatic nitrogens is 4. The molecule has 0 bridgehead atoms. The van der Waals surface area contributed by atoms with E-state index in [2.05, 4.69) is 15.5 Å². The molecule has 22 heavy (non-hydrogen) atoms. The van der Waals surface area contributed by atoms with Crippen LogP contribution in [0.15, 0.2) is 29.4 Å². The second-order valence-corrected chi connectivity index (χ2v) is 5.97. The smallest absolute Gasteiger partial charge is 0.209 e. The van der Waals surface area contributed by atoms with Crippen molar-refractivity contribution < 1.29 is 13.9 Å². The van der Waals surface area contributed by atoms with Crippen LogP contribution in [0, 0.1) is 5.82 Å². The fraction of sp³-hybridized carbons (Fsp3) is 0.500. The number of tetrazole rings is 1. The zero-order valence-electron chi connectivity index (χ0n) is 12.0. The summed E-state index contributed by atoms with van der Waals surface area (Å²) in [5.74, 6) is 0.554. The molecule has 1 aromatic heterocycles. The number of para-hydroxylation sites is 1. The molecule has 2 heterocycles. The average Bonchev–Trinajstić information content (AvgIpc) is 3.18. The maximum Gasteiger partial charge on any atom is 0.209 e. The molecule has 1 aliphatic heterocycles. The van der Waals surface area contributed by atoms with E-state index in [1.54, 1.807) is 22.9 Å². The van der Waals surface area contributed by atoms with Gasteiger partial charge in [-0.3, -0.25) is 0 Å². The van der Waals surface area contributed by atoms with Crippen molar-refractivity contribution in [1.82, 2.24) is 20.2 Å². The SMILES string of the molecule is Fc1ccccc1OCCSc1nnnn1CC1CCCO1. The summed E-state index contributed by atoms with van der Waals surface area (Å²) in [4.78, 5) is 0. The lowest BCUT2D eigenvalue weighted by molar-refractivity contribution is 0.0912. The Hall–Kier alpha value is -1.67. The maximum absolute atomic E-state index is 13.4. The van der Waals surface area contributed by atoms with Crippen LogP contribution >= 0.6 is 11.8 Å². The molecule has 0 radical (unpaired) electrons. The highest BCUT2D eigenvalue weighted by Gasteiger charge is 2.18. The number of benzene rings is 1. The van der Waals surface area contributed by atoms with Gasteiger partial charge in [0.25, 0.3) is 0 Å². The van der Waals surface area contributed by atoms with Gasteiger partial charge in [-0.25, -0.2) is 9.07 Å². The largest absolute Gasteiger partial charge is 0.490 e. The first kappa shape index (κ1) is 15.2. The lowest BCUT2D eigenvalue weighted by Crippen LogP contribution is -2.17. The third-order valence-corrected chi connectivity index (χ3v) is 4.23.